The molecule has 0 aliphatic heterocycles. The Bertz CT molecular complexity index is 1200. The highest BCUT2D eigenvalue weighted by Crippen LogP contribution is 2.35. The second kappa shape index (κ2) is 8.34. The van der Waals surface area contributed by atoms with Crippen LogP contribution in [0.5, 0.6) is 0 Å². The molecule has 0 radical (unpaired) electrons. The van der Waals surface area contributed by atoms with E-state index in [0.29, 0.717) is 22.2 Å². The minimum atomic E-state index is -0.365. The molecule has 0 unspecified atom stereocenters. The summed E-state index contributed by atoms with van der Waals surface area (Å²) in [6, 6.07) is 16.9. The molecule has 146 valence electrons. The average molecular weight is 537 g/mol. The van der Waals surface area contributed by atoms with Crippen LogP contribution in [0.1, 0.15) is 17.3 Å². The first-order chi connectivity index (χ1) is 14.0. The molecule has 2 heterocycles. The fourth-order valence-electron chi connectivity index (χ4n) is 3.12. The lowest BCUT2D eigenvalue weighted by Gasteiger charge is -2.09. The van der Waals surface area contributed by atoms with Crippen LogP contribution in [0.3, 0.4) is 0 Å². The second-order valence-corrected chi connectivity index (χ2v) is 8.35. The summed E-state index contributed by atoms with van der Waals surface area (Å²) in [6.07, 6.45) is 1.77. The van der Waals surface area contributed by atoms with Crippen molar-refractivity contribution in [1.82, 2.24) is 9.38 Å². The van der Waals surface area contributed by atoms with E-state index in [4.69, 9.17) is 32.9 Å². The zero-order valence-electron chi connectivity index (χ0n) is 15.3. The number of rotatable bonds is 4. The van der Waals surface area contributed by atoms with Gasteiger partial charge in [0.05, 0.1) is 27.1 Å². The van der Waals surface area contributed by atoms with Crippen molar-refractivity contribution in [2.75, 3.05) is 6.61 Å². The number of imidazole rings is 1. The van der Waals surface area contributed by atoms with Crippen LogP contribution in [-0.4, -0.2) is 22.0 Å². The number of fused-ring (bicyclic) bond motifs is 1. The summed E-state index contributed by atoms with van der Waals surface area (Å²) in [7, 11) is 0. The maximum Gasteiger partial charge on any atom is 0.339 e. The maximum atomic E-state index is 12.4. The largest absolute Gasteiger partial charge is 0.462 e. The van der Waals surface area contributed by atoms with Crippen LogP contribution in [0.4, 0.5) is 0 Å². The Morgan fingerprint density at radius 3 is 2.21 bits per heavy atom. The van der Waals surface area contributed by atoms with Crippen molar-refractivity contribution < 1.29 is 9.53 Å². The predicted molar refractivity (Wildman–Crippen MR) is 125 cm³/mol. The Balaban J connectivity index is 2.02. The Kier molecular flexibility index (Phi) is 5.81. The molecule has 2 aromatic heterocycles. The van der Waals surface area contributed by atoms with E-state index in [2.05, 4.69) is 22.6 Å². The predicted octanol–water partition coefficient (Wildman–Crippen LogP) is 6.76. The number of halogens is 3. The van der Waals surface area contributed by atoms with Crippen molar-refractivity contribution in [3.05, 3.63) is 80.0 Å². The van der Waals surface area contributed by atoms with Crippen LogP contribution in [0, 0.1) is 3.57 Å². The number of benzene rings is 2. The van der Waals surface area contributed by atoms with Crippen molar-refractivity contribution in [3.63, 3.8) is 0 Å². The molecule has 0 fully saturated rings. The summed E-state index contributed by atoms with van der Waals surface area (Å²) in [5.74, 6) is -0.365. The number of hydrogen-bond donors (Lipinski definition) is 0. The van der Waals surface area contributed by atoms with E-state index in [1.54, 1.807) is 19.2 Å². The lowest BCUT2D eigenvalue weighted by atomic mass is 10.0. The van der Waals surface area contributed by atoms with Crippen LogP contribution in [0.2, 0.25) is 10.0 Å². The van der Waals surface area contributed by atoms with Crippen LogP contribution in [-0.2, 0) is 4.74 Å². The molecular weight excluding hydrogens is 522 g/mol. The first-order valence-corrected chi connectivity index (χ1v) is 10.7. The number of pyridine rings is 1. The third-order valence-electron chi connectivity index (χ3n) is 4.42. The summed E-state index contributed by atoms with van der Waals surface area (Å²) >= 11 is 14.4. The van der Waals surface area contributed by atoms with E-state index in [-0.39, 0.29) is 5.97 Å². The van der Waals surface area contributed by atoms with Gasteiger partial charge >= 0.3 is 5.97 Å². The third kappa shape index (κ3) is 3.99. The van der Waals surface area contributed by atoms with Crippen LogP contribution < -0.4 is 0 Å². The first kappa shape index (κ1) is 20.2. The molecule has 0 N–H and O–H groups in total. The average Bonchev–Trinajstić information content (AvgIpc) is 3.09. The standard InChI is InChI=1S/C22H15Cl2IN2O2/c1-2-29-22(28)15-11-18(25)21-26-19(13-3-7-16(23)8-4-13)20(27(21)12-15)14-5-9-17(24)10-6-14/h3-12H,2H2,1H3. The summed E-state index contributed by atoms with van der Waals surface area (Å²) in [5, 5.41) is 1.31. The fourth-order valence-corrected chi connectivity index (χ4v) is 4.09. The van der Waals surface area contributed by atoms with E-state index < -0.39 is 0 Å². The second-order valence-electron chi connectivity index (χ2n) is 6.31. The highest BCUT2D eigenvalue weighted by molar-refractivity contribution is 14.1. The van der Waals surface area contributed by atoms with Crippen molar-refractivity contribution >= 4 is 57.4 Å². The van der Waals surface area contributed by atoms with Gasteiger partial charge in [-0.05, 0) is 59.8 Å². The zero-order valence-corrected chi connectivity index (χ0v) is 19.0. The topological polar surface area (TPSA) is 43.6 Å². The van der Waals surface area contributed by atoms with Gasteiger partial charge in [0.1, 0.15) is 0 Å². The number of carbonyl (C=O) groups excluding carboxylic acids is 1. The molecule has 2 aromatic carbocycles. The highest BCUT2D eigenvalue weighted by Gasteiger charge is 2.20. The van der Waals surface area contributed by atoms with Crippen LogP contribution in [0.25, 0.3) is 28.2 Å². The lowest BCUT2D eigenvalue weighted by Crippen LogP contribution is -2.07. The molecule has 0 aliphatic rings. The number of esters is 1. The molecule has 4 rings (SSSR count). The number of ether oxygens (including phenoxy) is 1. The maximum absolute atomic E-state index is 12.4. The molecule has 0 aliphatic carbocycles. The smallest absolute Gasteiger partial charge is 0.339 e. The van der Waals surface area contributed by atoms with Crippen molar-refractivity contribution in [2.45, 2.75) is 6.92 Å². The first-order valence-electron chi connectivity index (χ1n) is 8.88. The minimum absolute atomic E-state index is 0.317. The molecule has 0 spiro atoms. The van der Waals surface area contributed by atoms with Gasteiger partial charge in [0, 0.05) is 27.4 Å². The van der Waals surface area contributed by atoms with Crippen molar-refractivity contribution in [3.8, 4) is 22.5 Å². The number of carbonyl (C=O) groups is 1. The molecule has 0 saturated heterocycles. The lowest BCUT2D eigenvalue weighted by molar-refractivity contribution is 0.0525. The Hall–Kier alpha value is -2.09. The Morgan fingerprint density at radius 2 is 1.62 bits per heavy atom. The van der Waals surface area contributed by atoms with Gasteiger partial charge in [0.15, 0.2) is 5.65 Å². The fraction of sp³-hybridized carbons (Fsp3) is 0.0909. The van der Waals surface area contributed by atoms with E-state index >= 15 is 0 Å². The molecule has 29 heavy (non-hydrogen) atoms. The molecule has 7 heteroatoms. The highest BCUT2D eigenvalue weighted by atomic mass is 127. The van der Waals surface area contributed by atoms with Crippen LogP contribution in [0.15, 0.2) is 60.8 Å². The molecule has 0 bridgehead atoms. The molecule has 0 atom stereocenters. The zero-order chi connectivity index (χ0) is 20.5. The number of hydrogen-bond acceptors (Lipinski definition) is 3. The monoisotopic (exact) mass is 536 g/mol. The summed E-state index contributed by atoms with van der Waals surface area (Å²) < 4.78 is 7.97. The van der Waals surface area contributed by atoms with Crippen molar-refractivity contribution in [2.24, 2.45) is 0 Å². The van der Waals surface area contributed by atoms with E-state index in [0.717, 1.165) is 31.7 Å². The van der Waals surface area contributed by atoms with Gasteiger partial charge in [0.25, 0.3) is 0 Å². The summed E-state index contributed by atoms with van der Waals surface area (Å²) in [6.45, 7) is 2.10. The molecular formula is C22H15Cl2IN2O2. The van der Waals surface area contributed by atoms with Crippen molar-refractivity contribution in [1.29, 1.82) is 0 Å². The number of aromatic nitrogens is 2. The van der Waals surface area contributed by atoms with E-state index in [9.17, 15) is 4.79 Å². The van der Waals surface area contributed by atoms with Gasteiger partial charge in [-0.2, -0.15) is 0 Å². The molecule has 0 amide bonds. The third-order valence-corrected chi connectivity index (χ3v) is 5.72. The van der Waals surface area contributed by atoms with Gasteiger partial charge in [-0.3, -0.25) is 4.40 Å². The Morgan fingerprint density at radius 1 is 1.03 bits per heavy atom. The SMILES string of the molecule is CCOC(=O)c1cc(I)c2nc(-c3ccc(Cl)cc3)c(-c3ccc(Cl)cc3)n2c1. The molecule has 0 saturated carbocycles. The summed E-state index contributed by atoms with van der Waals surface area (Å²) in [4.78, 5) is 17.2. The van der Waals surface area contributed by atoms with Gasteiger partial charge in [-0.25, -0.2) is 9.78 Å². The van der Waals surface area contributed by atoms with Gasteiger partial charge in [0.2, 0.25) is 0 Å². The minimum Gasteiger partial charge on any atom is -0.462 e. The summed E-state index contributed by atoms with van der Waals surface area (Å²) in [5.41, 5.74) is 4.75. The Labute approximate surface area is 191 Å². The van der Waals surface area contributed by atoms with Gasteiger partial charge in [-0.15, -0.1) is 0 Å². The van der Waals surface area contributed by atoms with Gasteiger partial charge < -0.3 is 4.74 Å². The van der Waals surface area contributed by atoms with Gasteiger partial charge in [-0.1, -0.05) is 47.5 Å². The number of nitrogens with zero attached hydrogens (tertiary/aromatic N) is 2. The normalized spacial score (nSPS) is 11.0. The molecule has 4 aromatic rings. The van der Waals surface area contributed by atoms with Crippen LogP contribution >= 0.6 is 45.8 Å². The van der Waals surface area contributed by atoms with E-state index in [1.165, 1.54) is 0 Å². The molecule has 4 nitrogen and oxygen atoms in total. The van der Waals surface area contributed by atoms with E-state index in [1.807, 2.05) is 52.9 Å². The quantitative estimate of drug-likeness (QED) is 0.214.